The molecule has 0 bridgehead atoms. The number of carboxylic acid groups (broad SMARTS) is 1. The minimum atomic E-state index is -0.608. The summed E-state index contributed by atoms with van der Waals surface area (Å²) in [5, 5.41) is 8.71. The Morgan fingerprint density at radius 3 is 2.15 bits per heavy atom. The van der Waals surface area contributed by atoms with E-state index in [2.05, 4.69) is 0 Å². The van der Waals surface area contributed by atoms with Gasteiger partial charge in [0.2, 0.25) is 0 Å². The van der Waals surface area contributed by atoms with E-state index in [-0.39, 0.29) is 0 Å². The normalized spacial score (nSPS) is 38.6. The molecular weight excluding hydrogens is 164 g/mol. The van der Waals surface area contributed by atoms with Crippen LogP contribution < -0.4 is 0 Å². The highest BCUT2D eigenvalue weighted by Gasteiger charge is 2.36. The standard InChI is InChI=1S/C11H18O2/c12-11(13)7-8-5-9-3-1-2-4-10(9)6-8/h8-10H,1-7H2,(H,12,13). The fraction of sp³-hybridized carbons (Fsp3) is 0.909. The Balaban J connectivity index is 1.87. The first-order chi connectivity index (χ1) is 6.25. The van der Waals surface area contributed by atoms with E-state index in [1.807, 2.05) is 0 Å². The molecule has 2 fully saturated rings. The van der Waals surface area contributed by atoms with Crippen LogP contribution >= 0.6 is 0 Å². The monoisotopic (exact) mass is 182 g/mol. The highest BCUT2D eigenvalue weighted by atomic mass is 16.4. The zero-order valence-electron chi connectivity index (χ0n) is 8.04. The topological polar surface area (TPSA) is 37.3 Å². The molecule has 2 heteroatoms. The van der Waals surface area contributed by atoms with Crippen molar-refractivity contribution in [2.24, 2.45) is 17.8 Å². The maximum Gasteiger partial charge on any atom is 0.303 e. The van der Waals surface area contributed by atoms with E-state index in [1.165, 1.54) is 38.5 Å². The van der Waals surface area contributed by atoms with Gasteiger partial charge in [-0.15, -0.1) is 0 Å². The van der Waals surface area contributed by atoms with Crippen molar-refractivity contribution >= 4 is 5.97 Å². The molecule has 1 N–H and O–H groups in total. The van der Waals surface area contributed by atoms with Gasteiger partial charge in [-0.1, -0.05) is 25.7 Å². The van der Waals surface area contributed by atoms with Crippen molar-refractivity contribution < 1.29 is 9.90 Å². The molecule has 74 valence electrons. The third-order valence-corrected chi connectivity index (χ3v) is 3.80. The van der Waals surface area contributed by atoms with Gasteiger partial charge in [-0.2, -0.15) is 0 Å². The number of rotatable bonds is 2. The molecule has 2 aliphatic carbocycles. The molecule has 2 aliphatic rings. The first-order valence-corrected chi connectivity index (χ1v) is 5.47. The Hall–Kier alpha value is -0.530. The van der Waals surface area contributed by atoms with E-state index in [1.54, 1.807) is 0 Å². The van der Waals surface area contributed by atoms with Crippen LogP contribution in [0.1, 0.15) is 44.9 Å². The molecule has 0 heterocycles. The summed E-state index contributed by atoms with van der Waals surface area (Å²) < 4.78 is 0. The van der Waals surface area contributed by atoms with Crippen LogP contribution in [0.15, 0.2) is 0 Å². The fourth-order valence-electron chi connectivity index (χ4n) is 3.27. The molecule has 0 saturated heterocycles. The summed E-state index contributed by atoms with van der Waals surface area (Å²) in [6.07, 6.45) is 8.27. The molecule has 0 spiro atoms. The van der Waals surface area contributed by atoms with Crippen molar-refractivity contribution in [1.29, 1.82) is 0 Å². The summed E-state index contributed by atoms with van der Waals surface area (Å²) in [5.74, 6) is 1.63. The van der Waals surface area contributed by atoms with Crippen molar-refractivity contribution in [2.75, 3.05) is 0 Å². The number of fused-ring (bicyclic) bond motifs is 1. The lowest BCUT2D eigenvalue weighted by molar-refractivity contribution is -0.138. The predicted molar refractivity (Wildman–Crippen MR) is 50.4 cm³/mol. The second-order valence-corrected chi connectivity index (χ2v) is 4.74. The summed E-state index contributed by atoms with van der Waals surface area (Å²) in [5.41, 5.74) is 0. The van der Waals surface area contributed by atoms with Gasteiger partial charge < -0.3 is 5.11 Å². The summed E-state index contributed by atoms with van der Waals surface area (Å²) in [6.45, 7) is 0. The molecule has 0 aromatic rings. The number of carboxylic acids is 1. The SMILES string of the molecule is O=C(O)CC1CC2CCCCC2C1. The minimum Gasteiger partial charge on any atom is -0.481 e. The van der Waals surface area contributed by atoms with Gasteiger partial charge >= 0.3 is 5.97 Å². The largest absolute Gasteiger partial charge is 0.481 e. The van der Waals surface area contributed by atoms with Crippen molar-refractivity contribution in [2.45, 2.75) is 44.9 Å². The summed E-state index contributed by atoms with van der Waals surface area (Å²) in [4.78, 5) is 10.6. The quantitative estimate of drug-likeness (QED) is 0.713. The van der Waals surface area contributed by atoms with E-state index in [0.717, 1.165) is 11.8 Å². The first-order valence-electron chi connectivity index (χ1n) is 5.47. The predicted octanol–water partition coefficient (Wildman–Crippen LogP) is 2.68. The smallest absolute Gasteiger partial charge is 0.303 e. The first kappa shape index (κ1) is 9.04. The summed E-state index contributed by atoms with van der Waals surface area (Å²) in [6, 6.07) is 0. The molecule has 2 atom stereocenters. The Morgan fingerprint density at radius 1 is 1.15 bits per heavy atom. The van der Waals surface area contributed by atoms with Gasteiger partial charge in [0.05, 0.1) is 0 Å². The zero-order chi connectivity index (χ0) is 9.26. The van der Waals surface area contributed by atoms with E-state index >= 15 is 0 Å². The second-order valence-electron chi connectivity index (χ2n) is 4.74. The van der Waals surface area contributed by atoms with Gasteiger partial charge in [0.25, 0.3) is 0 Å². The molecule has 0 radical (unpaired) electrons. The molecule has 0 aromatic heterocycles. The van der Waals surface area contributed by atoms with E-state index in [4.69, 9.17) is 5.11 Å². The van der Waals surface area contributed by atoms with Crippen LogP contribution in [0.4, 0.5) is 0 Å². The molecule has 13 heavy (non-hydrogen) atoms. The minimum absolute atomic E-state index is 0.410. The van der Waals surface area contributed by atoms with Gasteiger partial charge in [-0.05, 0) is 30.6 Å². The van der Waals surface area contributed by atoms with Crippen molar-refractivity contribution in [3.63, 3.8) is 0 Å². The van der Waals surface area contributed by atoms with Crippen LogP contribution in [0.5, 0.6) is 0 Å². The Kier molecular flexibility index (Phi) is 2.56. The van der Waals surface area contributed by atoms with Gasteiger partial charge in [-0.3, -0.25) is 4.79 Å². The van der Waals surface area contributed by atoms with Gasteiger partial charge in [0.15, 0.2) is 0 Å². The molecule has 0 aromatic carbocycles. The zero-order valence-corrected chi connectivity index (χ0v) is 8.04. The van der Waals surface area contributed by atoms with Crippen LogP contribution in [0.2, 0.25) is 0 Å². The summed E-state index contributed by atoms with van der Waals surface area (Å²) >= 11 is 0. The van der Waals surface area contributed by atoms with Crippen LogP contribution in [-0.4, -0.2) is 11.1 Å². The second kappa shape index (κ2) is 3.69. The lowest BCUT2D eigenvalue weighted by Crippen LogP contribution is -2.12. The Labute approximate surface area is 79.3 Å². The molecule has 2 nitrogen and oxygen atoms in total. The molecule has 0 amide bonds. The van der Waals surface area contributed by atoms with Gasteiger partial charge in [0, 0.05) is 6.42 Å². The van der Waals surface area contributed by atoms with Gasteiger partial charge in [0.1, 0.15) is 0 Å². The lowest BCUT2D eigenvalue weighted by Gasteiger charge is -2.24. The molecular formula is C11H18O2. The molecule has 2 rings (SSSR count). The molecule has 2 unspecified atom stereocenters. The lowest BCUT2D eigenvalue weighted by atomic mass is 9.82. The summed E-state index contributed by atoms with van der Waals surface area (Å²) in [7, 11) is 0. The van der Waals surface area contributed by atoms with Crippen LogP contribution in [0.25, 0.3) is 0 Å². The highest BCUT2D eigenvalue weighted by Crippen LogP contribution is 2.45. The maximum absolute atomic E-state index is 10.6. The van der Waals surface area contributed by atoms with Crippen molar-refractivity contribution in [1.82, 2.24) is 0 Å². The number of hydrogen-bond acceptors (Lipinski definition) is 1. The Morgan fingerprint density at radius 2 is 1.69 bits per heavy atom. The van der Waals surface area contributed by atoms with Crippen molar-refractivity contribution in [3.05, 3.63) is 0 Å². The number of aliphatic carboxylic acids is 1. The van der Waals surface area contributed by atoms with Crippen LogP contribution in [0, 0.1) is 17.8 Å². The van der Waals surface area contributed by atoms with Gasteiger partial charge in [-0.25, -0.2) is 0 Å². The molecule has 2 saturated carbocycles. The van der Waals surface area contributed by atoms with E-state index in [0.29, 0.717) is 12.3 Å². The average molecular weight is 182 g/mol. The Bertz CT molecular complexity index is 186. The fourth-order valence-corrected chi connectivity index (χ4v) is 3.27. The average Bonchev–Trinajstić information content (AvgIpc) is 2.44. The number of carbonyl (C=O) groups is 1. The van der Waals surface area contributed by atoms with Crippen molar-refractivity contribution in [3.8, 4) is 0 Å². The maximum atomic E-state index is 10.6. The van der Waals surface area contributed by atoms with E-state index < -0.39 is 5.97 Å². The van der Waals surface area contributed by atoms with Crippen LogP contribution in [0.3, 0.4) is 0 Å². The third-order valence-electron chi connectivity index (χ3n) is 3.80. The van der Waals surface area contributed by atoms with Crippen LogP contribution in [-0.2, 0) is 4.79 Å². The third kappa shape index (κ3) is 2.04. The van der Waals surface area contributed by atoms with E-state index in [9.17, 15) is 4.79 Å². The number of hydrogen-bond donors (Lipinski definition) is 1. The highest BCUT2D eigenvalue weighted by molar-refractivity contribution is 5.67. The molecule has 0 aliphatic heterocycles.